The van der Waals surface area contributed by atoms with Crippen molar-refractivity contribution >= 4 is 16.9 Å². The van der Waals surface area contributed by atoms with E-state index in [-0.39, 0.29) is 0 Å². The first-order valence-electron chi connectivity index (χ1n) is 5.89. The first-order chi connectivity index (χ1) is 8.06. The van der Waals surface area contributed by atoms with Crippen molar-refractivity contribution in [1.82, 2.24) is 4.98 Å². The zero-order valence-electron chi connectivity index (χ0n) is 10.4. The zero-order valence-corrected chi connectivity index (χ0v) is 10.4. The number of para-hydroxylation sites is 1. The highest BCUT2D eigenvalue weighted by Gasteiger charge is 2.21. The Labute approximate surface area is 100 Å². The summed E-state index contributed by atoms with van der Waals surface area (Å²) in [5, 5.41) is 10.2. The van der Waals surface area contributed by atoms with E-state index >= 15 is 0 Å². The molecule has 0 spiro atoms. The third-order valence-corrected chi connectivity index (χ3v) is 3.34. The minimum atomic E-state index is -0.782. The summed E-state index contributed by atoms with van der Waals surface area (Å²) >= 11 is 0. The second kappa shape index (κ2) is 4.24. The van der Waals surface area contributed by atoms with E-state index in [0.717, 1.165) is 28.6 Å². The summed E-state index contributed by atoms with van der Waals surface area (Å²) in [6, 6.07) is 6.06. The van der Waals surface area contributed by atoms with Gasteiger partial charge < -0.3 is 10.1 Å². The van der Waals surface area contributed by atoms with Crippen molar-refractivity contribution in [1.29, 1.82) is 0 Å². The Hall–Kier alpha value is -1.77. The van der Waals surface area contributed by atoms with Gasteiger partial charge in [-0.2, -0.15) is 0 Å². The van der Waals surface area contributed by atoms with Gasteiger partial charge >= 0.3 is 5.97 Å². The monoisotopic (exact) mass is 231 g/mol. The zero-order chi connectivity index (χ0) is 12.6. The predicted octanol–water partition coefficient (Wildman–Crippen LogP) is 3.23. The minimum absolute atomic E-state index is 0.476. The van der Waals surface area contributed by atoms with Crippen LogP contribution in [0.15, 0.2) is 18.2 Å². The number of rotatable bonds is 3. The lowest BCUT2D eigenvalue weighted by Crippen LogP contribution is -2.08. The number of aromatic amines is 1. The molecule has 1 heterocycles. The average Bonchev–Trinajstić information content (AvgIpc) is 2.63. The van der Waals surface area contributed by atoms with Crippen molar-refractivity contribution in [2.24, 2.45) is 0 Å². The molecule has 0 aliphatic carbocycles. The number of fused-ring (bicyclic) bond motifs is 1. The molecule has 0 amide bonds. The van der Waals surface area contributed by atoms with Crippen LogP contribution in [-0.4, -0.2) is 16.1 Å². The van der Waals surface area contributed by atoms with Gasteiger partial charge in [-0.15, -0.1) is 0 Å². The molecule has 0 bridgehead atoms. The molecule has 2 rings (SSSR count). The van der Waals surface area contributed by atoms with Gasteiger partial charge in [0.15, 0.2) is 0 Å². The summed E-state index contributed by atoms with van der Waals surface area (Å²) in [5.41, 5.74) is 4.17. The van der Waals surface area contributed by atoms with Crippen molar-refractivity contribution in [2.45, 2.75) is 33.1 Å². The number of benzene rings is 1. The summed E-state index contributed by atoms with van der Waals surface area (Å²) in [5.74, 6) is -1.26. The molecule has 0 radical (unpaired) electrons. The van der Waals surface area contributed by atoms with E-state index in [1.54, 1.807) is 6.92 Å². The lowest BCUT2D eigenvalue weighted by Gasteiger charge is -2.06. The Bertz CT molecular complexity index is 569. The number of aromatic nitrogens is 1. The SMILES string of the molecule is CCc1cccc2c(C(C)C(=O)O)c(C)[nH]c12. The molecule has 0 aliphatic heterocycles. The van der Waals surface area contributed by atoms with E-state index < -0.39 is 11.9 Å². The van der Waals surface area contributed by atoms with Gasteiger partial charge in [-0.3, -0.25) is 4.79 Å². The van der Waals surface area contributed by atoms with Crippen molar-refractivity contribution in [3.8, 4) is 0 Å². The van der Waals surface area contributed by atoms with Gasteiger partial charge in [-0.1, -0.05) is 25.1 Å². The number of hydrogen-bond acceptors (Lipinski definition) is 1. The summed E-state index contributed by atoms with van der Waals surface area (Å²) in [4.78, 5) is 14.5. The topological polar surface area (TPSA) is 53.1 Å². The first-order valence-corrected chi connectivity index (χ1v) is 5.89. The molecule has 1 aromatic carbocycles. The molecule has 0 aliphatic rings. The fourth-order valence-electron chi connectivity index (χ4n) is 2.41. The Morgan fingerprint density at radius 1 is 1.47 bits per heavy atom. The van der Waals surface area contributed by atoms with Crippen LogP contribution >= 0.6 is 0 Å². The smallest absolute Gasteiger partial charge is 0.310 e. The van der Waals surface area contributed by atoms with Crippen LogP contribution in [0.1, 0.15) is 36.6 Å². The second-order valence-corrected chi connectivity index (χ2v) is 4.42. The summed E-state index contributed by atoms with van der Waals surface area (Å²) in [7, 11) is 0. The third kappa shape index (κ3) is 1.82. The Morgan fingerprint density at radius 3 is 2.76 bits per heavy atom. The molecule has 90 valence electrons. The molecule has 0 saturated carbocycles. The summed E-state index contributed by atoms with van der Waals surface area (Å²) in [6.45, 7) is 5.77. The quantitative estimate of drug-likeness (QED) is 0.852. The molecule has 2 aromatic rings. The molecule has 1 atom stereocenters. The molecular weight excluding hydrogens is 214 g/mol. The minimum Gasteiger partial charge on any atom is -0.481 e. The number of nitrogens with one attached hydrogen (secondary N) is 1. The number of carbonyl (C=O) groups is 1. The first kappa shape index (κ1) is 11.7. The number of aryl methyl sites for hydroxylation is 2. The average molecular weight is 231 g/mol. The lowest BCUT2D eigenvalue weighted by atomic mass is 9.97. The fraction of sp³-hybridized carbons (Fsp3) is 0.357. The molecule has 0 saturated heterocycles. The Kier molecular flexibility index (Phi) is 2.92. The maximum atomic E-state index is 11.1. The van der Waals surface area contributed by atoms with Gasteiger partial charge in [-0.25, -0.2) is 0 Å². The van der Waals surface area contributed by atoms with Crippen LogP contribution in [-0.2, 0) is 11.2 Å². The van der Waals surface area contributed by atoms with Crippen LogP contribution < -0.4 is 0 Å². The van der Waals surface area contributed by atoms with Crippen molar-refractivity contribution in [2.75, 3.05) is 0 Å². The fourth-order valence-corrected chi connectivity index (χ4v) is 2.41. The maximum Gasteiger partial charge on any atom is 0.310 e. The van der Waals surface area contributed by atoms with Crippen LogP contribution in [0.2, 0.25) is 0 Å². The molecule has 1 unspecified atom stereocenters. The van der Waals surface area contributed by atoms with Gasteiger partial charge in [0.25, 0.3) is 0 Å². The Balaban J connectivity index is 2.72. The highest BCUT2D eigenvalue weighted by Crippen LogP contribution is 2.31. The van der Waals surface area contributed by atoms with Crippen LogP contribution in [0.5, 0.6) is 0 Å². The van der Waals surface area contributed by atoms with Crippen molar-refractivity contribution in [3.63, 3.8) is 0 Å². The highest BCUT2D eigenvalue weighted by molar-refractivity contribution is 5.92. The molecule has 17 heavy (non-hydrogen) atoms. The summed E-state index contributed by atoms with van der Waals surface area (Å²) < 4.78 is 0. The van der Waals surface area contributed by atoms with Crippen LogP contribution in [0.25, 0.3) is 10.9 Å². The second-order valence-electron chi connectivity index (χ2n) is 4.42. The predicted molar refractivity (Wildman–Crippen MR) is 68.5 cm³/mol. The third-order valence-electron chi connectivity index (χ3n) is 3.34. The molecular formula is C14H17NO2. The van der Waals surface area contributed by atoms with E-state index in [9.17, 15) is 4.79 Å². The molecule has 3 heteroatoms. The van der Waals surface area contributed by atoms with E-state index in [0.29, 0.717) is 0 Å². The van der Waals surface area contributed by atoms with E-state index in [4.69, 9.17) is 5.11 Å². The number of hydrogen-bond donors (Lipinski definition) is 2. The molecule has 2 N–H and O–H groups in total. The maximum absolute atomic E-state index is 11.1. The highest BCUT2D eigenvalue weighted by atomic mass is 16.4. The molecule has 3 nitrogen and oxygen atoms in total. The van der Waals surface area contributed by atoms with Crippen molar-refractivity contribution in [3.05, 3.63) is 35.0 Å². The number of carboxylic acid groups (broad SMARTS) is 1. The Morgan fingerprint density at radius 2 is 2.18 bits per heavy atom. The van der Waals surface area contributed by atoms with Crippen LogP contribution in [0.3, 0.4) is 0 Å². The van der Waals surface area contributed by atoms with Gasteiger partial charge in [-0.05, 0) is 31.4 Å². The van der Waals surface area contributed by atoms with E-state index in [2.05, 4.69) is 18.0 Å². The van der Waals surface area contributed by atoms with Crippen molar-refractivity contribution < 1.29 is 9.90 Å². The lowest BCUT2D eigenvalue weighted by molar-refractivity contribution is -0.138. The van der Waals surface area contributed by atoms with Gasteiger partial charge in [0.2, 0.25) is 0 Å². The largest absolute Gasteiger partial charge is 0.481 e. The van der Waals surface area contributed by atoms with E-state index in [1.807, 2.05) is 19.1 Å². The van der Waals surface area contributed by atoms with Gasteiger partial charge in [0, 0.05) is 16.6 Å². The number of aliphatic carboxylic acids is 1. The van der Waals surface area contributed by atoms with Crippen LogP contribution in [0, 0.1) is 6.92 Å². The van der Waals surface area contributed by atoms with Crippen LogP contribution in [0.4, 0.5) is 0 Å². The normalized spacial score (nSPS) is 12.9. The molecule has 0 fully saturated rings. The standard InChI is InChI=1S/C14H17NO2/c1-4-10-6-5-7-11-12(8(2)14(16)17)9(3)15-13(10)11/h5-8,15H,4H2,1-3H3,(H,16,17). The number of carboxylic acids is 1. The van der Waals surface area contributed by atoms with Gasteiger partial charge in [0.1, 0.15) is 0 Å². The van der Waals surface area contributed by atoms with Gasteiger partial charge in [0.05, 0.1) is 5.92 Å². The summed E-state index contributed by atoms with van der Waals surface area (Å²) in [6.07, 6.45) is 0.943. The molecule has 1 aromatic heterocycles. The van der Waals surface area contributed by atoms with E-state index in [1.165, 1.54) is 5.56 Å². The number of H-pyrrole nitrogens is 1.